The summed E-state index contributed by atoms with van der Waals surface area (Å²) in [4.78, 5) is 17.1. The van der Waals surface area contributed by atoms with E-state index in [4.69, 9.17) is 14.2 Å². The van der Waals surface area contributed by atoms with E-state index >= 15 is 0 Å². The number of hydrogen-bond donors (Lipinski definition) is 0. The Bertz CT molecular complexity index is 958. The molecule has 0 fully saturated rings. The van der Waals surface area contributed by atoms with E-state index in [0.717, 1.165) is 21.9 Å². The fourth-order valence-electron chi connectivity index (χ4n) is 2.64. The maximum atomic E-state index is 12.5. The first kappa shape index (κ1) is 21.1. The number of carbonyl (C=O) groups excluding carboxylic acids is 1. The first-order valence-electron chi connectivity index (χ1n) is 7.96. The minimum atomic E-state index is 0. The average molecular weight is 453 g/mol. The van der Waals surface area contributed by atoms with Crippen molar-refractivity contribution in [2.45, 2.75) is 5.16 Å². The van der Waals surface area contributed by atoms with Gasteiger partial charge in [-0.25, -0.2) is 4.98 Å². The predicted octanol–water partition coefficient (Wildman–Crippen LogP) is 4.15. The molecule has 0 spiro atoms. The molecule has 0 aliphatic carbocycles. The molecule has 6 nitrogen and oxygen atoms in total. The van der Waals surface area contributed by atoms with Gasteiger partial charge in [-0.3, -0.25) is 4.79 Å². The van der Waals surface area contributed by atoms with Gasteiger partial charge in [-0.05, 0) is 30.3 Å². The number of ketones is 1. The molecule has 0 aliphatic rings. The van der Waals surface area contributed by atoms with E-state index in [9.17, 15) is 4.79 Å². The molecule has 0 bridgehead atoms. The smallest absolute Gasteiger partial charge is 0.173 e. The number of hydrogen-bond acceptors (Lipinski definition) is 6. The number of halogens is 1. The van der Waals surface area contributed by atoms with E-state index in [-0.39, 0.29) is 28.5 Å². The number of methoxy groups -OCH3 is 3. The Balaban J connectivity index is 0.00000261. The van der Waals surface area contributed by atoms with Crippen molar-refractivity contribution in [3.63, 3.8) is 0 Å². The summed E-state index contributed by atoms with van der Waals surface area (Å²) in [5.41, 5.74) is 2.41. The molecule has 0 unspecified atom stereocenters. The maximum Gasteiger partial charge on any atom is 0.173 e. The van der Waals surface area contributed by atoms with Crippen molar-refractivity contribution in [1.82, 2.24) is 9.55 Å². The van der Waals surface area contributed by atoms with Gasteiger partial charge in [-0.2, -0.15) is 0 Å². The lowest BCUT2D eigenvalue weighted by Crippen LogP contribution is -2.04. The number of nitrogens with zero attached hydrogens (tertiary/aromatic N) is 2. The van der Waals surface area contributed by atoms with Crippen molar-refractivity contribution in [1.29, 1.82) is 0 Å². The molecule has 144 valence electrons. The van der Waals surface area contributed by atoms with Crippen molar-refractivity contribution in [2.75, 3.05) is 27.1 Å². The van der Waals surface area contributed by atoms with Crippen molar-refractivity contribution in [2.24, 2.45) is 7.05 Å². The monoisotopic (exact) mass is 452 g/mol. The molecule has 0 radical (unpaired) electrons. The second-order valence-electron chi connectivity index (χ2n) is 5.59. The van der Waals surface area contributed by atoms with Gasteiger partial charge in [0.1, 0.15) is 5.75 Å². The Morgan fingerprint density at radius 1 is 1.04 bits per heavy atom. The summed E-state index contributed by atoms with van der Waals surface area (Å²) in [6.07, 6.45) is 0. The summed E-state index contributed by atoms with van der Waals surface area (Å²) in [6.45, 7) is 0. The third-order valence-corrected chi connectivity index (χ3v) is 5.11. The number of aromatic nitrogens is 2. The number of fused-ring (bicyclic) bond motifs is 1. The summed E-state index contributed by atoms with van der Waals surface area (Å²) >= 11 is 1.40. The molecule has 0 amide bonds. The second kappa shape index (κ2) is 9.14. The van der Waals surface area contributed by atoms with Crippen LogP contribution >= 0.6 is 28.7 Å². The molecule has 3 aromatic rings. The fourth-order valence-corrected chi connectivity index (χ4v) is 3.52. The summed E-state index contributed by atoms with van der Waals surface area (Å²) in [5.74, 6) is 2.18. The van der Waals surface area contributed by atoms with Gasteiger partial charge in [0.25, 0.3) is 0 Å². The summed E-state index contributed by atoms with van der Waals surface area (Å²) in [5, 5.41) is 0.780. The first-order chi connectivity index (χ1) is 12.6. The number of benzene rings is 2. The van der Waals surface area contributed by atoms with Gasteiger partial charge in [0.15, 0.2) is 22.4 Å². The van der Waals surface area contributed by atoms with E-state index in [1.807, 2.05) is 29.8 Å². The SMILES string of the molecule is Br.COc1ccc2c(c1)nc(SCC(=O)c1ccc(OC)c(OC)c1)n2C. The van der Waals surface area contributed by atoms with Crippen molar-refractivity contribution in [3.8, 4) is 17.2 Å². The van der Waals surface area contributed by atoms with Crippen LogP contribution in [-0.2, 0) is 7.05 Å². The Morgan fingerprint density at radius 2 is 1.78 bits per heavy atom. The summed E-state index contributed by atoms with van der Waals surface area (Å²) < 4.78 is 17.7. The molecule has 8 heteroatoms. The molecule has 0 saturated carbocycles. The van der Waals surface area contributed by atoms with Gasteiger partial charge in [-0.1, -0.05) is 11.8 Å². The Hall–Kier alpha value is -2.19. The molecule has 1 heterocycles. The number of thioether (sulfide) groups is 1. The maximum absolute atomic E-state index is 12.5. The summed E-state index contributed by atoms with van der Waals surface area (Å²) in [6, 6.07) is 10.9. The predicted molar refractivity (Wildman–Crippen MR) is 112 cm³/mol. The van der Waals surface area contributed by atoms with Gasteiger partial charge in [0.2, 0.25) is 0 Å². The third-order valence-electron chi connectivity index (χ3n) is 4.08. The van der Waals surface area contributed by atoms with Crippen LogP contribution in [0.3, 0.4) is 0 Å². The third kappa shape index (κ3) is 4.39. The standard InChI is InChI=1S/C19H20N2O4S.BrH/c1-21-15-7-6-13(23-2)10-14(15)20-19(21)26-11-16(22)12-5-8-17(24-3)18(9-12)25-4;/h5-10H,11H2,1-4H3;1H. The zero-order valence-corrected chi connectivity index (χ0v) is 18.0. The highest BCUT2D eigenvalue weighted by atomic mass is 79.9. The topological polar surface area (TPSA) is 62.6 Å². The van der Waals surface area contributed by atoms with E-state index in [1.165, 1.54) is 11.8 Å². The Kier molecular flexibility index (Phi) is 7.15. The zero-order chi connectivity index (χ0) is 18.7. The minimum absolute atomic E-state index is 0. The van der Waals surface area contributed by atoms with Crippen LogP contribution in [0.1, 0.15) is 10.4 Å². The molecule has 0 N–H and O–H groups in total. The lowest BCUT2D eigenvalue weighted by Gasteiger charge is -2.09. The van der Waals surface area contributed by atoms with Crippen LogP contribution < -0.4 is 14.2 Å². The fraction of sp³-hybridized carbons (Fsp3) is 0.263. The normalized spacial score (nSPS) is 10.4. The van der Waals surface area contributed by atoms with Gasteiger partial charge in [0.05, 0.1) is 38.1 Å². The number of aryl methyl sites for hydroxylation is 1. The lowest BCUT2D eigenvalue weighted by molar-refractivity contribution is 0.102. The largest absolute Gasteiger partial charge is 0.497 e. The van der Waals surface area contributed by atoms with E-state index in [2.05, 4.69) is 4.98 Å². The first-order valence-corrected chi connectivity index (χ1v) is 8.94. The number of carbonyl (C=O) groups is 1. The van der Waals surface area contributed by atoms with Crippen LogP contribution in [0, 0.1) is 0 Å². The van der Waals surface area contributed by atoms with E-state index in [1.54, 1.807) is 39.5 Å². The van der Waals surface area contributed by atoms with Gasteiger partial charge >= 0.3 is 0 Å². The molecular weight excluding hydrogens is 432 g/mol. The Labute approximate surface area is 172 Å². The number of Topliss-reactive ketones (excluding diaryl/α,β-unsaturated/α-hetero) is 1. The zero-order valence-electron chi connectivity index (χ0n) is 15.5. The van der Waals surface area contributed by atoms with Crippen molar-refractivity contribution in [3.05, 3.63) is 42.0 Å². The number of rotatable bonds is 7. The highest BCUT2D eigenvalue weighted by molar-refractivity contribution is 8.93. The van der Waals surface area contributed by atoms with E-state index < -0.39 is 0 Å². The minimum Gasteiger partial charge on any atom is -0.497 e. The molecule has 0 atom stereocenters. The van der Waals surface area contributed by atoms with Gasteiger partial charge in [-0.15, -0.1) is 17.0 Å². The summed E-state index contributed by atoms with van der Waals surface area (Å²) in [7, 11) is 6.68. The molecular formula is C19H21BrN2O4S. The molecule has 2 aromatic carbocycles. The quantitative estimate of drug-likeness (QED) is 0.396. The molecule has 27 heavy (non-hydrogen) atoms. The lowest BCUT2D eigenvalue weighted by atomic mass is 10.1. The van der Waals surface area contributed by atoms with Crippen LogP contribution in [-0.4, -0.2) is 42.4 Å². The average Bonchev–Trinajstić information content (AvgIpc) is 3.00. The van der Waals surface area contributed by atoms with Crippen LogP contribution in [0.2, 0.25) is 0 Å². The number of ether oxygens (including phenoxy) is 3. The van der Waals surface area contributed by atoms with Crippen molar-refractivity contribution < 1.29 is 19.0 Å². The molecule has 0 saturated heterocycles. The van der Waals surface area contributed by atoms with E-state index in [0.29, 0.717) is 17.1 Å². The van der Waals surface area contributed by atoms with Gasteiger partial charge in [0, 0.05) is 18.7 Å². The molecule has 3 rings (SSSR count). The van der Waals surface area contributed by atoms with Gasteiger partial charge < -0.3 is 18.8 Å². The second-order valence-corrected chi connectivity index (χ2v) is 6.53. The number of imidazole rings is 1. The van der Waals surface area contributed by atoms with Crippen molar-refractivity contribution >= 4 is 45.6 Å². The van der Waals surface area contributed by atoms with Crippen LogP contribution in [0.4, 0.5) is 0 Å². The van der Waals surface area contributed by atoms with Crippen LogP contribution in [0.5, 0.6) is 17.2 Å². The molecule has 0 aliphatic heterocycles. The Morgan fingerprint density at radius 3 is 2.44 bits per heavy atom. The highest BCUT2D eigenvalue weighted by Crippen LogP contribution is 2.29. The van der Waals surface area contributed by atoms with Crippen LogP contribution in [0.25, 0.3) is 11.0 Å². The highest BCUT2D eigenvalue weighted by Gasteiger charge is 2.14. The van der Waals surface area contributed by atoms with Crippen LogP contribution in [0.15, 0.2) is 41.6 Å². The molecule has 1 aromatic heterocycles.